The van der Waals surface area contributed by atoms with E-state index in [1.807, 2.05) is 0 Å². The number of aromatic nitrogens is 1. The molecule has 3 nitrogen and oxygen atoms in total. The molecule has 0 aliphatic rings. The second-order valence-electron chi connectivity index (χ2n) is 4.00. The molecule has 0 aliphatic carbocycles. The van der Waals surface area contributed by atoms with E-state index in [0.29, 0.717) is 5.69 Å². The van der Waals surface area contributed by atoms with E-state index in [4.69, 9.17) is 0 Å². The fourth-order valence-corrected chi connectivity index (χ4v) is 2.25. The predicted octanol–water partition coefficient (Wildman–Crippen LogP) is 3.79. The Labute approximate surface area is 123 Å². The van der Waals surface area contributed by atoms with Crippen LogP contribution in [0.1, 0.15) is 17.3 Å². The van der Waals surface area contributed by atoms with E-state index in [9.17, 15) is 13.6 Å². The summed E-state index contributed by atoms with van der Waals surface area (Å²) in [5.74, 6) is -2.51. The third-order valence-electron chi connectivity index (χ3n) is 2.76. The molecule has 0 saturated carbocycles. The molecular formula is C14H11BrF2N2O. The maximum atomic E-state index is 13.8. The molecule has 1 heterocycles. The molecular weight excluding hydrogens is 330 g/mol. The van der Waals surface area contributed by atoms with E-state index < -0.39 is 23.1 Å². The second kappa shape index (κ2) is 6.09. The number of pyridine rings is 1. The Hall–Kier alpha value is -1.82. The van der Waals surface area contributed by atoms with Crippen LogP contribution in [0.25, 0.3) is 0 Å². The van der Waals surface area contributed by atoms with Crippen molar-refractivity contribution in [3.8, 4) is 0 Å². The fourth-order valence-electron chi connectivity index (χ4n) is 1.85. The lowest BCUT2D eigenvalue weighted by Crippen LogP contribution is -2.32. The minimum Gasteiger partial charge on any atom is -0.308 e. The smallest absolute Gasteiger partial charge is 0.264 e. The number of hydrogen-bond acceptors (Lipinski definition) is 2. The van der Waals surface area contributed by atoms with Gasteiger partial charge in [0.05, 0.1) is 0 Å². The van der Waals surface area contributed by atoms with Crippen molar-refractivity contribution in [2.45, 2.75) is 6.92 Å². The first kappa shape index (κ1) is 14.6. The summed E-state index contributed by atoms with van der Waals surface area (Å²) in [6.45, 7) is 2.02. The zero-order valence-corrected chi connectivity index (χ0v) is 12.2. The van der Waals surface area contributed by atoms with Gasteiger partial charge in [-0.1, -0.05) is 15.9 Å². The van der Waals surface area contributed by atoms with E-state index in [1.54, 1.807) is 19.1 Å². The molecule has 1 amide bonds. The summed E-state index contributed by atoms with van der Waals surface area (Å²) >= 11 is 2.98. The minimum atomic E-state index is -0.894. The van der Waals surface area contributed by atoms with Gasteiger partial charge in [-0.3, -0.25) is 9.78 Å². The van der Waals surface area contributed by atoms with E-state index in [2.05, 4.69) is 20.9 Å². The Bertz CT molecular complexity index is 611. The van der Waals surface area contributed by atoms with Crippen molar-refractivity contribution in [2.75, 3.05) is 11.4 Å². The van der Waals surface area contributed by atoms with Crippen LogP contribution in [-0.2, 0) is 0 Å². The van der Waals surface area contributed by atoms with Crippen molar-refractivity contribution in [1.82, 2.24) is 4.98 Å². The molecule has 0 radical (unpaired) electrons. The predicted molar refractivity (Wildman–Crippen MR) is 75.6 cm³/mol. The summed E-state index contributed by atoms with van der Waals surface area (Å²) < 4.78 is 27.9. The van der Waals surface area contributed by atoms with Crippen molar-refractivity contribution in [1.29, 1.82) is 0 Å². The number of hydrogen-bond donors (Lipinski definition) is 0. The maximum absolute atomic E-state index is 13.8. The molecule has 1 aromatic carbocycles. The normalized spacial score (nSPS) is 10.4. The average molecular weight is 341 g/mol. The summed E-state index contributed by atoms with van der Waals surface area (Å²) in [4.78, 5) is 17.5. The van der Waals surface area contributed by atoms with E-state index in [1.165, 1.54) is 17.3 Å². The highest BCUT2D eigenvalue weighted by molar-refractivity contribution is 9.10. The number of benzene rings is 1. The average Bonchev–Trinajstić information content (AvgIpc) is 2.39. The zero-order valence-electron chi connectivity index (χ0n) is 10.6. The highest BCUT2D eigenvalue weighted by Crippen LogP contribution is 2.23. The molecule has 0 atom stereocenters. The van der Waals surface area contributed by atoms with Crippen LogP contribution in [0.2, 0.25) is 0 Å². The van der Waals surface area contributed by atoms with Crippen LogP contribution in [0.5, 0.6) is 0 Å². The molecule has 0 saturated heterocycles. The molecule has 0 aliphatic heterocycles. The Balaban J connectivity index is 2.45. The maximum Gasteiger partial charge on any atom is 0.264 e. The highest BCUT2D eigenvalue weighted by Gasteiger charge is 2.24. The largest absolute Gasteiger partial charge is 0.308 e. The van der Waals surface area contributed by atoms with Crippen LogP contribution in [-0.4, -0.2) is 17.4 Å². The molecule has 0 bridgehead atoms. The number of nitrogens with zero attached hydrogens (tertiary/aromatic N) is 2. The zero-order chi connectivity index (χ0) is 14.7. The van der Waals surface area contributed by atoms with Crippen molar-refractivity contribution in [2.24, 2.45) is 0 Å². The van der Waals surface area contributed by atoms with Crippen LogP contribution < -0.4 is 4.90 Å². The van der Waals surface area contributed by atoms with Gasteiger partial charge in [-0.05, 0) is 31.2 Å². The number of carbonyl (C=O) groups excluding carboxylic acids is 1. The van der Waals surface area contributed by atoms with Gasteiger partial charge in [0.15, 0.2) is 0 Å². The van der Waals surface area contributed by atoms with Gasteiger partial charge in [0.25, 0.3) is 5.91 Å². The van der Waals surface area contributed by atoms with Crippen LogP contribution >= 0.6 is 15.9 Å². The Morgan fingerprint density at radius 1 is 1.25 bits per heavy atom. The molecule has 0 spiro atoms. The van der Waals surface area contributed by atoms with Gasteiger partial charge in [-0.25, -0.2) is 8.78 Å². The molecule has 2 aromatic rings. The van der Waals surface area contributed by atoms with Crippen LogP contribution in [0, 0.1) is 11.6 Å². The SMILES string of the molecule is CCN(C(=O)c1c(F)cc(Br)cc1F)c1ccncc1. The lowest BCUT2D eigenvalue weighted by Gasteiger charge is -2.21. The van der Waals surface area contributed by atoms with Gasteiger partial charge in [-0.2, -0.15) is 0 Å². The van der Waals surface area contributed by atoms with Gasteiger partial charge in [0.1, 0.15) is 17.2 Å². The first-order valence-electron chi connectivity index (χ1n) is 5.91. The molecule has 6 heteroatoms. The minimum absolute atomic E-state index is 0.246. The van der Waals surface area contributed by atoms with Crippen LogP contribution in [0.3, 0.4) is 0 Å². The third kappa shape index (κ3) is 2.85. The van der Waals surface area contributed by atoms with Gasteiger partial charge in [0, 0.05) is 29.1 Å². The molecule has 0 fully saturated rings. The summed E-state index contributed by atoms with van der Waals surface area (Å²) in [6, 6.07) is 5.35. The number of amides is 1. The van der Waals surface area contributed by atoms with Crippen molar-refractivity contribution in [3.63, 3.8) is 0 Å². The van der Waals surface area contributed by atoms with Gasteiger partial charge < -0.3 is 4.90 Å². The number of rotatable bonds is 3. The fraction of sp³-hybridized carbons (Fsp3) is 0.143. The Morgan fingerprint density at radius 3 is 2.30 bits per heavy atom. The highest BCUT2D eigenvalue weighted by atomic mass is 79.9. The number of anilines is 1. The first-order valence-corrected chi connectivity index (χ1v) is 6.70. The molecule has 20 heavy (non-hydrogen) atoms. The van der Waals surface area contributed by atoms with E-state index in [0.717, 1.165) is 12.1 Å². The number of halogens is 3. The lowest BCUT2D eigenvalue weighted by atomic mass is 10.1. The second-order valence-corrected chi connectivity index (χ2v) is 4.91. The quantitative estimate of drug-likeness (QED) is 0.851. The monoisotopic (exact) mass is 340 g/mol. The summed E-state index contributed by atoms with van der Waals surface area (Å²) in [7, 11) is 0. The van der Waals surface area contributed by atoms with E-state index in [-0.39, 0.29) is 11.0 Å². The Morgan fingerprint density at radius 2 is 1.80 bits per heavy atom. The molecule has 104 valence electrons. The van der Waals surface area contributed by atoms with E-state index >= 15 is 0 Å². The molecule has 0 N–H and O–H groups in total. The van der Waals surface area contributed by atoms with Gasteiger partial charge in [-0.15, -0.1) is 0 Å². The molecule has 2 rings (SSSR count). The van der Waals surface area contributed by atoms with Gasteiger partial charge in [0.2, 0.25) is 0 Å². The number of carbonyl (C=O) groups is 1. The van der Waals surface area contributed by atoms with Crippen LogP contribution in [0.15, 0.2) is 41.1 Å². The molecule has 1 aromatic heterocycles. The molecule has 0 unspecified atom stereocenters. The Kier molecular flexibility index (Phi) is 4.44. The lowest BCUT2D eigenvalue weighted by molar-refractivity contribution is 0.0980. The topological polar surface area (TPSA) is 33.2 Å². The van der Waals surface area contributed by atoms with Crippen molar-refractivity contribution < 1.29 is 13.6 Å². The standard InChI is InChI=1S/C14H11BrF2N2O/c1-2-19(10-3-5-18-6-4-10)14(20)13-11(16)7-9(15)8-12(13)17/h3-8H,2H2,1H3. The third-order valence-corrected chi connectivity index (χ3v) is 3.21. The van der Waals surface area contributed by atoms with Crippen molar-refractivity contribution >= 4 is 27.5 Å². The van der Waals surface area contributed by atoms with Crippen molar-refractivity contribution in [3.05, 3.63) is 58.3 Å². The van der Waals surface area contributed by atoms with Gasteiger partial charge >= 0.3 is 0 Å². The van der Waals surface area contributed by atoms with Crippen LogP contribution in [0.4, 0.5) is 14.5 Å². The summed E-state index contributed by atoms with van der Waals surface area (Å²) in [6.07, 6.45) is 3.03. The first-order chi connectivity index (χ1) is 9.54. The summed E-state index contributed by atoms with van der Waals surface area (Å²) in [5.41, 5.74) is -0.0268. The summed E-state index contributed by atoms with van der Waals surface area (Å²) in [5, 5.41) is 0.